The number of aliphatic hydroxyl groups is 6. The Bertz CT molecular complexity index is 661. The maximum absolute atomic E-state index is 11.9. The monoisotopic (exact) mass is 400 g/mol. The van der Waals surface area contributed by atoms with E-state index in [0.29, 0.717) is 12.8 Å². The fourth-order valence-corrected chi connectivity index (χ4v) is 8.18. The highest BCUT2D eigenvalue weighted by Gasteiger charge is 2.78. The summed E-state index contributed by atoms with van der Waals surface area (Å²) >= 11 is 0. The van der Waals surface area contributed by atoms with E-state index in [1.165, 1.54) is 7.11 Å². The van der Waals surface area contributed by atoms with Crippen molar-refractivity contribution in [1.82, 2.24) is 0 Å². The zero-order valence-electron chi connectivity index (χ0n) is 17.5. The lowest BCUT2D eigenvalue weighted by Crippen LogP contribution is -2.62. The van der Waals surface area contributed by atoms with Crippen LogP contribution in [0.2, 0.25) is 0 Å². The van der Waals surface area contributed by atoms with Crippen molar-refractivity contribution in [3.8, 4) is 0 Å². The van der Waals surface area contributed by atoms with Gasteiger partial charge in [-0.3, -0.25) is 0 Å². The molecule has 7 nitrogen and oxygen atoms in total. The van der Waals surface area contributed by atoms with Crippen LogP contribution < -0.4 is 0 Å². The Labute approximate surface area is 166 Å². The zero-order chi connectivity index (χ0) is 21.1. The van der Waals surface area contributed by atoms with E-state index >= 15 is 0 Å². The summed E-state index contributed by atoms with van der Waals surface area (Å²) in [6.45, 7) is 6.71. The van der Waals surface area contributed by atoms with E-state index < -0.39 is 63.9 Å². The molecule has 0 radical (unpaired) electrons. The van der Waals surface area contributed by atoms with Crippen LogP contribution in [0.1, 0.15) is 53.4 Å². The van der Waals surface area contributed by atoms with Gasteiger partial charge in [-0.15, -0.1) is 0 Å². The third-order valence-corrected chi connectivity index (χ3v) is 9.49. The van der Waals surface area contributed by atoms with E-state index in [-0.39, 0.29) is 18.8 Å². The van der Waals surface area contributed by atoms with Gasteiger partial charge in [-0.05, 0) is 45.4 Å². The number of aliphatic hydroxyl groups excluding tert-OH is 3. The number of rotatable bonds is 1. The molecule has 0 aromatic carbocycles. The van der Waals surface area contributed by atoms with Crippen molar-refractivity contribution in [3.05, 3.63) is 0 Å². The zero-order valence-corrected chi connectivity index (χ0v) is 17.5. The van der Waals surface area contributed by atoms with Crippen LogP contribution in [0.5, 0.6) is 0 Å². The molecule has 7 heteroatoms. The minimum atomic E-state index is -1.81. The molecule has 162 valence electrons. The summed E-state index contributed by atoms with van der Waals surface area (Å²) in [5.41, 5.74) is -6.48. The van der Waals surface area contributed by atoms with Crippen molar-refractivity contribution in [2.45, 2.75) is 94.6 Å². The summed E-state index contributed by atoms with van der Waals surface area (Å²) in [6.07, 6.45) is -2.67. The molecule has 6 N–H and O–H groups in total. The molecule has 4 saturated carbocycles. The molecule has 28 heavy (non-hydrogen) atoms. The summed E-state index contributed by atoms with van der Waals surface area (Å²) in [6, 6.07) is 0. The van der Waals surface area contributed by atoms with E-state index in [9.17, 15) is 30.6 Å². The molecule has 0 saturated heterocycles. The number of hydrogen-bond donors (Lipinski definition) is 6. The van der Waals surface area contributed by atoms with Crippen molar-refractivity contribution < 1.29 is 35.4 Å². The average molecular weight is 401 g/mol. The van der Waals surface area contributed by atoms with Gasteiger partial charge in [-0.1, -0.05) is 13.8 Å². The van der Waals surface area contributed by atoms with Gasteiger partial charge in [0.1, 0.15) is 5.60 Å². The number of fused-ring (bicyclic) bond motifs is 2. The Morgan fingerprint density at radius 3 is 2.07 bits per heavy atom. The smallest absolute Gasteiger partial charge is 0.106 e. The minimum Gasteiger partial charge on any atom is -0.392 e. The van der Waals surface area contributed by atoms with Crippen LogP contribution >= 0.6 is 0 Å². The molecule has 4 rings (SSSR count). The summed E-state index contributed by atoms with van der Waals surface area (Å²) in [7, 11) is 1.44. The van der Waals surface area contributed by atoms with Crippen LogP contribution in [-0.4, -0.2) is 79.0 Å². The molecule has 0 amide bonds. The molecule has 0 heterocycles. The molecule has 0 unspecified atom stereocenters. The fourth-order valence-electron chi connectivity index (χ4n) is 8.18. The standard InChI is InChI=1S/C21H36O7/c1-17(2)16(24)13(28-5)14-19(4,26)11-7-6-10-15(23)20(11,9-18(10,3)25)8-12(22)21(14,17)27/h10-16,22-27H,6-9H2,1-5H3/t10-,11+,12-,13-,14+,15-,16+,18-,19-,20+,21-/m1/s1. The van der Waals surface area contributed by atoms with Gasteiger partial charge in [0.2, 0.25) is 0 Å². The van der Waals surface area contributed by atoms with E-state index in [0.717, 1.165) is 0 Å². The van der Waals surface area contributed by atoms with Crippen molar-refractivity contribution in [1.29, 1.82) is 0 Å². The fraction of sp³-hybridized carbons (Fsp3) is 1.00. The van der Waals surface area contributed by atoms with E-state index in [2.05, 4.69) is 0 Å². The topological polar surface area (TPSA) is 131 Å². The van der Waals surface area contributed by atoms with Crippen molar-refractivity contribution in [2.24, 2.45) is 28.6 Å². The Morgan fingerprint density at radius 2 is 1.50 bits per heavy atom. The first kappa shape index (κ1) is 21.0. The van der Waals surface area contributed by atoms with Crippen molar-refractivity contribution in [3.63, 3.8) is 0 Å². The second kappa shape index (κ2) is 5.69. The largest absolute Gasteiger partial charge is 0.392 e. The predicted molar refractivity (Wildman–Crippen MR) is 100 cm³/mol. The van der Waals surface area contributed by atoms with E-state index in [4.69, 9.17) is 4.74 Å². The first-order chi connectivity index (χ1) is 12.7. The molecule has 11 atom stereocenters. The van der Waals surface area contributed by atoms with E-state index in [1.54, 1.807) is 27.7 Å². The molecule has 4 fully saturated rings. The Morgan fingerprint density at radius 1 is 0.893 bits per heavy atom. The van der Waals surface area contributed by atoms with Crippen molar-refractivity contribution in [2.75, 3.05) is 7.11 Å². The molecular formula is C21H36O7. The maximum atomic E-state index is 11.9. The molecular weight excluding hydrogens is 364 g/mol. The number of hydrogen-bond acceptors (Lipinski definition) is 7. The Kier molecular flexibility index (Phi) is 4.26. The van der Waals surface area contributed by atoms with Crippen LogP contribution in [-0.2, 0) is 4.74 Å². The second-order valence-electron chi connectivity index (χ2n) is 11.1. The molecule has 4 aliphatic carbocycles. The molecule has 0 aliphatic heterocycles. The average Bonchev–Trinajstić information content (AvgIpc) is 2.76. The minimum absolute atomic E-state index is 0.0568. The lowest BCUT2D eigenvalue weighted by Gasteiger charge is -2.51. The van der Waals surface area contributed by atoms with Gasteiger partial charge in [-0.25, -0.2) is 0 Å². The third-order valence-electron chi connectivity index (χ3n) is 9.49. The van der Waals surface area contributed by atoms with Gasteiger partial charge < -0.3 is 35.4 Å². The Hall–Kier alpha value is -0.280. The van der Waals surface area contributed by atoms with E-state index in [1.807, 2.05) is 0 Å². The van der Waals surface area contributed by atoms with Gasteiger partial charge >= 0.3 is 0 Å². The van der Waals surface area contributed by atoms with Crippen LogP contribution in [0.3, 0.4) is 0 Å². The molecule has 2 bridgehead atoms. The highest BCUT2D eigenvalue weighted by atomic mass is 16.5. The summed E-state index contributed by atoms with van der Waals surface area (Å²) in [5, 5.41) is 68.2. The molecule has 0 aromatic heterocycles. The second-order valence-corrected chi connectivity index (χ2v) is 11.1. The first-order valence-corrected chi connectivity index (χ1v) is 10.4. The van der Waals surface area contributed by atoms with Gasteiger partial charge in [0, 0.05) is 29.8 Å². The summed E-state index contributed by atoms with van der Waals surface area (Å²) in [5.74, 6) is -1.72. The van der Waals surface area contributed by atoms with Crippen LogP contribution in [0, 0.1) is 28.6 Å². The van der Waals surface area contributed by atoms with Gasteiger partial charge in [-0.2, -0.15) is 0 Å². The van der Waals surface area contributed by atoms with Crippen LogP contribution in [0.25, 0.3) is 0 Å². The SMILES string of the molecule is CO[C@H]1[C@H](O)C(C)(C)[C@@]2(O)[C@H](O)C[C@]34C[C@@](C)(O)[C@H](CC[C@H]3[C@@](C)(O)[C@H]12)[C@H]4O. The quantitative estimate of drug-likeness (QED) is 0.359. The number of methoxy groups -OCH3 is 1. The van der Waals surface area contributed by atoms with Crippen molar-refractivity contribution >= 4 is 0 Å². The predicted octanol–water partition coefficient (Wildman–Crippen LogP) is -0.207. The van der Waals surface area contributed by atoms with Gasteiger partial charge in [0.05, 0.1) is 35.6 Å². The number of ether oxygens (including phenoxy) is 1. The lowest BCUT2D eigenvalue weighted by atomic mass is 9.57. The highest BCUT2D eigenvalue weighted by molar-refractivity contribution is 5.28. The first-order valence-electron chi connectivity index (χ1n) is 10.4. The molecule has 0 aromatic rings. The lowest BCUT2D eigenvalue weighted by molar-refractivity contribution is -0.211. The third kappa shape index (κ3) is 2.09. The van der Waals surface area contributed by atoms with Crippen LogP contribution in [0.15, 0.2) is 0 Å². The molecule has 4 aliphatic rings. The molecule has 1 spiro atoms. The van der Waals surface area contributed by atoms with Gasteiger partial charge in [0.15, 0.2) is 0 Å². The highest BCUT2D eigenvalue weighted by Crippen LogP contribution is 2.70. The normalized spacial score (nSPS) is 62.9. The van der Waals surface area contributed by atoms with Crippen LogP contribution in [0.4, 0.5) is 0 Å². The summed E-state index contributed by atoms with van der Waals surface area (Å²) < 4.78 is 5.56. The summed E-state index contributed by atoms with van der Waals surface area (Å²) in [4.78, 5) is 0. The Balaban J connectivity index is 1.93. The maximum Gasteiger partial charge on any atom is 0.106 e. The van der Waals surface area contributed by atoms with Gasteiger partial charge in [0.25, 0.3) is 0 Å².